The molecule has 1 aromatic rings. The number of piperazine rings is 1. The maximum Gasteiger partial charge on any atom is 0.297 e. The number of hydrogen-bond donors (Lipinski definition) is 1. The summed E-state index contributed by atoms with van der Waals surface area (Å²) in [5, 5.41) is 3.44. The van der Waals surface area contributed by atoms with Crippen LogP contribution >= 0.6 is 0 Å². The lowest BCUT2D eigenvalue weighted by molar-refractivity contribution is 0.226. The number of fused-ring (bicyclic) bond motifs is 1. The van der Waals surface area contributed by atoms with Crippen molar-refractivity contribution in [1.29, 1.82) is 0 Å². The third kappa shape index (κ3) is 3.15. The van der Waals surface area contributed by atoms with Crippen LogP contribution in [0.3, 0.4) is 0 Å². The summed E-state index contributed by atoms with van der Waals surface area (Å²) in [7, 11) is 0. The molecule has 5 heteroatoms. The van der Waals surface area contributed by atoms with Crippen molar-refractivity contribution in [2.75, 3.05) is 31.1 Å². The molecular formula is C15H26N4O. The molecule has 0 amide bonds. The van der Waals surface area contributed by atoms with Crippen molar-refractivity contribution in [2.45, 2.75) is 51.7 Å². The highest BCUT2D eigenvalue weighted by molar-refractivity contribution is 5.29. The predicted octanol–water partition coefficient (Wildman–Crippen LogP) is 1.85. The Bertz CT molecular complexity index is 451. The Morgan fingerprint density at radius 1 is 1.35 bits per heavy atom. The van der Waals surface area contributed by atoms with Gasteiger partial charge in [-0.05, 0) is 40.2 Å². The summed E-state index contributed by atoms with van der Waals surface area (Å²) in [6, 6.07) is 1.49. The van der Waals surface area contributed by atoms with Crippen LogP contribution in [0.15, 0.2) is 10.7 Å². The van der Waals surface area contributed by atoms with Crippen LogP contribution in [-0.4, -0.2) is 47.6 Å². The van der Waals surface area contributed by atoms with Gasteiger partial charge in [0.25, 0.3) is 6.01 Å². The second-order valence-electron chi connectivity index (χ2n) is 7.00. The molecule has 2 fully saturated rings. The standard InChI is InChI=1S/C15H26N4O/c1-15(2,3)16-9-12-11-20-14(17-12)19-8-7-18-6-4-5-13(18)10-19/h11,13,16H,4-10H2,1-3H3. The first-order valence-corrected chi connectivity index (χ1v) is 7.70. The number of hydrogen-bond acceptors (Lipinski definition) is 5. The lowest BCUT2D eigenvalue weighted by Crippen LogP contribution is -2.50. The van der Waals surface area contributed by atoms with Crippen molar-refractivity contribution in [3.63, 3.8) is 0 Å². The number of anilines is 1. The van der Waals surface area contributed by atoms with Crippen LogP contribution in [0.1, 0.15) is 39.3 Å². The maximum absolute atomic E-state index is 5.67. The topological polar surface area (TPSA) is 44.5 Å². The third-order valence-corrected chi connectivity index (χ3v) is 4.20. The molecule has 0 aromatic carbocycles. The van der Waals surface area contributed by atoms with E-state index in [0.29, 0.717) is 6.04 Å². The number of rotatable bonds is 3. The number of nitrogens with one attached hydrogen (secondary N) is 1. The van der Waals surface area contributed by atoms with Crippen LogP contribution in [0.2, 0.25) is 0 Å². The van der Waals surface area contributed by atoms with Gasteiger partial charge in [0.1, 0.15) is 6.26 Å². The average Bonchev–Trinajstić information content (AvgIpc) is 3.03. The van der Waals surface area contributed by atoms with E-state index in [2.05, 4.69) is 40.9 Å². The minimum Gasteiger partial charge on any atom is -0.432 e. The van der Waals surface area contributed by atoms with E-state index in [4.69, 9.17) is 4.42 Å². The fraction of sp³-hybridized carbons (Fsp3) is 0.800. The van der Waals surface area contributed by atoms with Gasteiger partial charge in [0.15, 0.2) is 0 Å². The summed E-state index contributed by atoms with van der Waals surface area (Å²) in [4.78, 5) is 9.53. The summed E-state index contributed by atoms with van der Waals surface area (Å²) in [5.74, 6) is 0. The molecule has 2 saturated heterocycles. The van der Waals surface area contributed by atoms with Crippen LogP contribution < -0.4 is 10.2 Å². The minimum atomic E-state index is 0.106. The van der Waals surface area contributed by atoms with E-state index in [9.17, 15) is 0 Å². The minimum absolute atomic E-state index is 0.106. The first kappa shape index (κ1) is 13.9. The fourth-order valence-corrected chi connectivity index (χ4v) is 3.04. The molecule has 112 valence electrons. The van der Waals surface area contributed by atoms with Gasteiger partial charge in [-0.1, -0.05) is 0 Å². The zero-order chi connectivity index (χ0) is 14.2. The molecule has 2 aliphatic heterocycles. The molecular weight excluding hydrogens is 252 g/mol. The van der Waals surface area contributed by atoms with Gasteiger partial charge in [-0.25, -0.2) is 0 Å². The van der Waals surface area contributed by atoms with Crippen molar-refractivity contribution in [3.8, 4) is 0 Å². The molecule has 0 bridgehead atoms. The molecule has 3 heterocycles. The number of oxazole rings is 1. The Labute approximate surface area is 121 Å². The van der Waals surface area contributed by atoms with Crippen molar-refractivity contribution in [2.24, 2.45) is 0 Å². The molecule has 0 saturated carbocycles. The molecule has 2 aliphatic rings. The predicted molar refractivity (Wildman–Crippen MR) is 79.9 cm³/mol. The summed E-state index contributed by atoms with van der Waals surface area (Å²) in [5.41, 5.74) is 1.10. The molecule has 1 unspecified atom stereocenters. The van der Waals surface area contributed by atoms with E-state index in [0.717, 1.165) is 37.9 Å². The van der Waals surface area contributed by atoms with Crippen LogP contribution in [0, 0.1) is 0 Å². The van der Waals surface area contributed by atoms with Gasteiger partial charge >= 0.3 is 0 Å². The van der Waals surface area contributed by atoms with Gasteiger partial charge in [0, 0.05) is 37.8 Å². The zero-order valence-electron chi connectivity index (χ0n) is 12.9. The van der Waals surface area contributed by atoms with Gasteiger partial charge < -0.3 is 14.6 Å². The van der Waals surface area contributed by atoms with Gasteiger partial charge in [-0.15, -0.1) is 0 Å². The van der Waals surface area contributed by atoms with E-state index in [1.807, 2.05) is 0 Å². The van der Waals surface area contributed by atoms with Crippen molar-refractivity contribution in [1.82, 2.24) is 15.2 Å². The highest BCUT2D eigenvalue weighted by Crippen LogP contribution is 2.25. The molecule has 1 aromatic heterocycles. The first-order valence-electron chi connectivity index (χ1n) is 7.70. The van der Waals surface area contributed by atoms with Crippen LogP contribution in [0.25, 0.3) is 0 Å². The summed E-state index contributed by atoms with van der Waals surface area (Å²) in [6.45, 7) is 11.7. The fourth-order valence-electron chi connectivity index (χ4n) is 3.04. The van der Waals surface area contributed by atoms with Crippen LogP contribution in [-0.2, 0) is 6.54 Å². The SMILES string of the molecule is CC(C)(C)NCc1coc(N2CCN3CCCC3C2)n1. The highest BCUT2D eigenvalue weighted by Gasteiger charge is 2.32. The Kier molecular flexibility index (Phi) is 3.73. The molecule has 5 nitrogen and oxygen atoms in total. The lowest BCUT2D eigenvalue weighted by Gasteiger charge is -2.36. The van der Waals surface area contributed by atoms with Gasteiger partial charge in [-0.3, -0.25) is 4.90 Å². The average molecular weight is 278 g/mol. The lowest BCUT2D eigenvalue weighted by atomic mass is 10.1. The van der Waals surface area contributed by atoms with Gasteiger partial charge in [-0.2, -0.15) is 4.98 Å². The Hall–Kier alpha value is -1.07. The highest BCUT2D eigenvalue weighted by atomic mass is 16.4. The molecule has 20 heavy (non-hydrogen) atoms. The van der Waals surface area contributed by atoms with Crippen LogP contribution in [0.5, 0.6) is 0 Å². The quantitative estimate of drug-likeness (QED) is 0.914. The maximum atomic E-state index is 5.67. The van der Waals surface area contributed by atoms with Gasteiger partial charge in [0.2, 0.25) is 0 Å². The second-order valence-corrected chi connectivity index (χ2v) is 7.00. The van der Waals surface area contributed by atoms with Crippen molar-refractivity contribution >= 4 is 6.01 Å². The van der Waals surface area contributed by atoms with Crippen LogP contribution in [0.4, 0.5) is 6.01 Å². The van der Waals surface area contributed by atoms with Gasteiger partial charge in [0.05, 0.1) is 5.69 Å². The molecule has 3 rings (SSSR count). The van der Waals surface area contributed by atoms with Crippen molar-refractivity contribution < 1.29 is 4.42 Å². The summed E-state index contributed by atoms with van der Waals surface area (Å²) >= 11 is 0. The first-order chi connectivity index (χ1) is 9.51. The molecule has 1 atom stereocenters. The van der Waals surface area contributed by atoms with E-state index in [1.165, 1.54) is 19.4 Å². The number of nitrogens with zero attached hydrogens (tertiary/aromatic N) is 3. The monoisotopic (exact) mass is 278 g/mol. The normalized spacial score (nSPS) is 24.1. The zero-order valence-corrected chi connectivity index (χ0v) is 12.9. The van der Waals surface area contributed by atoms with E-state index < -0.39 is 0 Å². The molecule has 0 aliphatic carbocycles. The van der Waals surface area contributed by atoms with E-state index in [-0.39, 0.29) is 5.54 Å². The Balaban J connectivity index is 1.59. The number of aromatic nitrogens is 1. The van der Waals surface area contributed by atoms with E-state index in [1.54, 1.807) is 6.26 Å². The van der Waals surface area contributed by atoms with Crippen molar-refractivity contribution in [3.05, 3.63) is 12.0 Å². The molecule has 0 radical (unpaired) electrons. The second kappa shape index (κ2) is 5.37. The third-order valence-electron chi connectivity index (χ3n) is 4.20. The molecule has 0 spiro atoms. The summed E-state index contributed by atoms with van der Waals surface area (Å²) < 4.78 is 5.67. The Morgan fingerprint density at radius 3 is 3.00 bits per heavy atom. The molecule has 1 N–H and O–H groups in total. The van der Waals surface area contributed by atoms with E-state index >= 15 is 0 Å². The summed E-state index contributed by atoms with van der Waals surface area (Å²) in [6.07, 6.45) is 4.44. The largest absolute Gasteiger partial charge is 0.432 e. The Morgan fingerprint density at radius 2 is 2.20 bits per heavy atom. The smallest absolute Gasteiger partial charge is 0.297 e.